The molecule has 23 heavy (non-hydrogen) atoms. The van der Waals surface area contributed by atoms with Gasteiger partial charge in [0.25, 0.3) is 5.91 Å². The lowest BCUT2D eigenvalue weighted by Crippen LogP contribution is -2.36. The van der Waals surface area contributed by atoms with Gasteiger partial charge < -0.3 is 10.2 Å². The van der Waals surface area contributed by atoms with Gasteiger partial charge in [0.15, 0.2) is 0 Å². The number of benzene rings is 1. The predicted molar refractivity (Wildman–Crippen MR) is 81.4 cm³/mol. The third-order valence-corrected chi connectivity index (χ3v) is 3.73. The van der Waals surface area contributed by atoms with Crippen LogP contribution in [0.3, 0.4) is 0 Å². The number of piperidine rings is 1. The van der Waals surface area contributed by atoms with Crippen molar-refractivity contribution in [1.29, 1.82) is 0 Å². The monoisotopic (exact) mass is 318 g/mol. The summed E-state index contributed by atoms with van der Waals surface area (Å²) in [6.07, 6.45) is 5.73. The van der Waals surface area contributed by atoms with Crippen LogP contribution in [-0.2, 0) is 0 Å². The fraction of sp³-hybridized carbons (Fsp3) is 0.312. The average molecular weight is 318 g/mol. The number of amides is 1. The largest absolute Gasteiger partial charge is 0.337 e. The molecule has 3 rings (SSSR count). The SMILES string of the molecule is O=C(c1cnc(Nc2c(F)cccc2F)cn1)N1CCCCC1. The molecule has 2 aromatic rings. The van der Waals surface area contributed by atoms with Crippen LogP contribution in [0.1, 0.15) is 29.8 Å². The lowest BCUT2D eigenvalue weighted by Gasteiger charge is -2.26. The predicted octanol–water partition coefficient (Wildman–Crippen LogP) is 3.12. The van der Waals surface area contributed by atoms with Crippen molar-refractivity contribution in [3.63, 3.8) is 0 Å². The summed E-state index contributed by atoms with van der Waals surface area (Å²) in [5.41, 5.74) is -0.0663. The molecule has 0 aliphatic carbocycles. The van der Waals surface area contributed by atoms with Crippen molar-refractivity contribution in [3.05, 3.63) is 47.9 Å². The molecule has 5 nitrogen and oxygen atoms in total. The van der Waals surface area contributed by atoms with Gasteiger partial charge in [0.1, 0.15) is 28.8 Å². The lowest BCUT2D eigenvalue weighted by atomic mass is 10.1. The van der Waals surface area contributed by atoms with E-state index in [2.05, 4.69) is 15.3 Å². The number of hydrogen-bond acceptors (Lipinski definition) is 4. The Morgan fingerprint density at radius 2 is 1.74 bits per heavy atom. The minimum Gasteiger partial charge on any atom is -0.337 e. The van der Waals surface area contributed by atoms with Crippen LogP contribution in [0, 0.1) is 11.6 Å². The van der Waals surface area contributed by atoms with Crippen LogP contribution in [0.2, 0.25) is 0 Å². The second-order valence-corrected chi connectivity index (χ2v) is 5.36. The molecule has 1 aromatic heterocycles. The van der Waals surface area contributed by atoms with Crippen LogP contribution in [0.25, 0.3) is 0 Å². The first kappa shape index (κ1) is 15.3. The van der Waals surface area contributed by atoms with Crippen molar-refractivity contribution < 1.29 is 13.6 Å². The van der Waals surface area contributed by atoms with E-state index in [4.69, 9.17) is 0 Å². The third kappa shape index (κ3) is 3.44. The summed E-state index contributed by atoms with van der Waals surface area (Å²) in [6, 6.07) is 3.57. The Labute approximate surface area is 132 Å². The molecule has 0 unspecified atom stereocenters. The van der Waals surface area contributed by atoms with E-state index in [-0.39, 0.29) is 23.1 Å². The quantitative estimate of drug-likeness (QED) is 0.944. The van der Waals surface area contributed by atoms with E-state index in [1.54, 1.807) is 4.90 Å². The van der Waals surface area contributed by atoms with Crippen LogP contribution >= 0.6 is 0 Å². The molecule has 1 saturated heterocycles. The zero-order chi connectivity index (χ0) is 16.2. The first-order valence-corrected chi connectivity index (χ1v) is 7.47. The summed E-state index contributed by atoms with van der Waals surface area (Å²) in [4.78, 5) is 22.1. The second-order valence-electron chi connectivity index (χ2n) is 5.36. The Morgan fingerprint density at radius 3 is 2.35 bits per heavy atom. The van der Waals surface area contributed by atoms with Gasteiger partial charge in [-0.05, 0) is 31.4 Å². The maximum atomic E-state index is 13.6. The molecule has 1 fully saturated rings. The van der Waals surface area contributed by atoms with Gasteiger partial charge in [0, 0.05) is 13.1 Å². The first-order valence-electron chi connectivity index (χ1n) is 7.47. The number of halogens is 2. The van der Waals surface area contributed by atoms with E-state index in [1.165, 1.54) is 18.5 Å². The zero-order valence-corrected chi connectivity index (χ0v) is 12.4. The van der Waals surface area contributed by atoms with Crippen molar-refractivity contribution in [3.8, 4) is 0 Å². The molecule has 0 spiro atoms. The average Bonchev–Trinajstić information content (AvgIpc) is 2.59. The Balaban J connectivity index is 1.73. The zero-order valence-electron chi connectivity index (χ0n) is 12.4. The molecule has 0 bridgehead atoms. The van der Waals surface area contributed by atoms with Gasteiger partial charge in [-0.15, -0.1) is 0 Å². The summed E-state index contributed by atoms with van der Waals surface area (Å²) in [5.74, 6) is -1.44. The number of anilines is 2. The number of nitrogens with zero attached hydrogens (tertiary/aromatic N) is 3. The number of carbonyl (C=O) groups is 1. The molecule has 1 N–H and O–H groups in total. The second kappa shape index (κ2) is 6.68. The Morgan fingerprint density at radius 1 is 1.04 bits per heavy atom. The summed E-state index contributed by atoms with van der Waals surface area (Å²) >= 11 is 0. The van der Waals surface area contributed by atoms with Crippen molar-refractivity contribution in [2.45, 2.75) is 19.3 Å². The maximum Gasteiger partial charge on any atom is 0.274 e. The highest BCUT2D eigenvalue weighted by Crippen LogP contribution is 2.21. The van der Waals surface area contributed by atoms with Crippen LogP contribution in [-0.4, -0.2) is 33.9 Å². The normalized spacial score (nSPS) is 14.6. The van der Waals surface area contributed by atoms with Crippen molar-refractivity contribution in [2.75, 3.05) is 18.4 Å². The molecule has 7 heteroatoms. The van der Waals surface area contributed by atoms with Crippen molar-refractivity contribution in [2.24, 2.45) is 0 Å². The highest BCUT2D eigenvalue weighted by atomic mass is 19.1. The summed E-state index contributed by atoms with van der Waals surface area (Å²) in [5, 5.41) is 2.54. The molecule has 120 valence electrons. The minimum atomic E-state index is -0.722. The molecule has 0 atom stereocenters. The Bertz CT molecular complexity index is 679. The number of rotatable bonds is 3. The number of aromatic nitrogens is 2. The van der Waals surface area contributed by atoms with E-state index < -0.39 is 11.6 Å². The maximum absolute atomic E-state index is 13.6. The fourth-order valence-electron chi connectivity index (χ4n) is 2.51. The van der Waals surface area contributed by atoms with E-state index in [0.717, 1.165) is 44.5 Å². The van der Waals surface area contributed by atoms with Gasteiger partial charge in [-0.25, -0.2) is 18.7 Å². The lowest BCUT2D eigenvalue weighted by molar-refractivity contribution is 0.0718. The molecule has 1 aliphatic rings. The molecule has 1 amide bonds. The number of hydrogen-bond donors (Lipinski definition) is 1. The topological polar surface area (TPSA) is 58.1 Å². The molecular weight excluding hydrogens is 302 g/mol. The Hall–Kier alpha value is -2.57. The van der Waals surface area contributed by atoms with Crippen molar-refractivity contribution >= 4 is 17.4 Å². The van der Waals surface area contributed by atoms with E-state index in [0.29, 0.717) is 0 Å². The minimum absolute atomic E-state index is 0.166. The van der Waals surface area contributed by atoms with Gasteiger partial charge in [0.2, 0.25) is 0 Å². The molecule has 0 radical (unpaired) electrons. The van der Waals surface area contributed by atoms with Gasteiger partial charge in [0.05, 0.1) is 12.4 Å². The van der Waals surface area contributed by atoms with E-state index in [9.17, 15) is 13.6 Å². The molecule has 1 aromatic carbocycles. The summed E-state index contributed by atoms with van der Waals surface area (Å²) in [6.45, 7) is 1.45. The molecule has 0 saturated carbocycles. The van der Waals surface area contributed by atoms with Gasteiger partial charge in [-0.3, -0.25) is 4.79 Å². The molecular formula is C16H16F2N4O. The standard InChI is InChI=1S/C16H16F2N4O/c17-11-5-4-6-12(18)15(11)21-14-10-19-13(9-20-14)16(23)22-7-2-1-3-8-22/h4-6,9-10H,1-3,7-8H2,(H,20,21). The van der Waals surface area contributed by atoms with Crippen LogP contribution in [0.4, 0.5) is 20.3 Å². The smallest absolute Gasteiger partial charge is 0.274 e. The summed E-state index contributed by atoms with van der Waals surface area (Å²) < 4.78 is 27.1. The van der Waals surface area contributed by atoms with Crippen LogP contribution in [0.15, 0.2) is 30.6 Å². The number of likely N-dealkylation sites (tertiary alicyclic amines) is 1. The first-order chi connectivity index (χ1) is 11.1. The van der Waals surface area contributed by atoms with Crippen LogP contribution in [0.5, 0.6) is 0 Å². The van der Waals surface area contributed by atoms with Crippen molar-refractivity contribution in [1.82, 2.24) is 14.9 Å². The third-order valence-electron chi connectivity index (χ3n) is 3.73. The van der Waals surface area contributed by atoms with Crippen LogP contribution < -0.4 is 5.32 Å². The fourth-order valence-corrected chi connectivity index (χ4v) is 2.51. The highest BCUT2D eigenvalue weighted by Gasteiger charge is 2.19. The van der Waals surface area contributed by atoms with Gasteiger partial charge >= 0.3 is 0 Å². The number of carbonyl (C=O) groups excluding carboxylic acids is 1. The van der Waals surface area contributed by atoms with E-state index in [1.807, 2.05) is 0 Å². The summed E-state index contributed by atoms with van der Waals surface area (Å²) in [7, 11) is 0. The van der Waals surface area contributed by atoms with E-state index >= 15 is 0 Å². The number of para-hydroxylation sites is 1. The Kier molecular flexibility index (Phi) is 4.45. The molecule has 1 aliphatic heterocycles. The molecule has 2 heterocycles. The highest BCUT2D eigenvalue weighted by molar-refractivity contribution is 5.92. The van der Waals surface area contributed by atoms with Gasteiger partial charge in [-0.1, -0.05) is 6.07 Å². The number of nitrogens with one attached hydrogen (secondary N) is 1. The van der Waals surface area contributed by atoms with Gasteiger partial charge in [-0.2, -0.15) is 0 Å².